The summed E-state index contributed by atoms with van der Waals surface area (Å²) in [6.07, 6.45) is 1.57. The van der Waals surface area contributed by atoms with Crippen molar-refractivity contribution < 1.29 is 28.0 Å². The predicted molar refractivity (Wildman–Crippen MR) is 74.1 cm³/mol. The molecule has 0 aliphatic heterocycles. The number of rotatable bonds is 5. The Bertz CT molecular complexity index is 662. The molecule has 0 radical (unpaired) electrons. The Morgan fingerprint density at radius 2 is 1.81 bits per heavy atom. The van der Waals surface area contributed by atoms with Crippen LogP contribution >= 0.6 is 0 Å². The zero-order valence-electron chi connectivity index (χ0n) is 11.4. The van der Waals surface area contributed by atoms with Crippen LogP contribution in [0.3, 0.4) is 0 Å². The summed E-state index contributed by atoms with van der Waals surface area (Å²) in [4.78, 5) is 0. The average Bonchev–Trinajstić information content (AvgIpc) is 2.44. The van der Waals surface area contributed by atoms with E-state index in [1.165, 1.54) is 12.1 Å². The zero-order valence-corrected chi connectivity index (χ0v) is 11.4. The minimum absolute atomic E-state index is 0.0253. The Kier molecular flexibility index (Phi) is 4.75. The highest BCUT2D eigenvalue weighted by molar-refractivity contribution is 6.59. The van der Waals surface area contributed by atoms with Crippen LogP contribution in [0.2, 0.25) is 0 Å². The Balaban J connectivity index is 2.54. The van der Waals surface area contributed by atoms with Crippen LogP contribution in [0, 0.1) is 17.5 Å². The standard InChI is InChI=1S/C14H14BF3O3/c1-2-3-6-21-10-5-4-8-7-9(15(19)20)12(16)14(18)11(8)13(10)17/h4-5,7,19-20H,2-3,6H2,1H3. The molecule has 0 saturated heterocycles. The largest absolute Gasteiger partial charge is 0.491 e. The molecule has 0 atom stereocenters. The highest BCUT2D eigenvalue weighted by atomic mass is 19.2. The van der Waals surface area contributed by atoms with Gasteiger partial charge in [-0.2, -0.15) is 0 Å². The van der Waals surface area contributed by atoms with Gasteiger partial charge in [0.25, 0.3) is 0 Å². The molecule has 0 aliphatic rings. The van der Waals surface area contributed by atoms with Gasteiger partial charge in [0.05, 0.1) is 12.0 Å². The summed E-state index contributed by atoms with van der Waals surface area (Å²) in [5, 5.41) is 17.4. The van der Waals surface area contributed by atoms with Crippen LogP contribution in [-0.2, 0) is 0 Å². The summed E-state index contributed by atoms with van der Waals surface area (Å²) < 4.78 is 47.1. The maximum Gasteiger partial charge on any atom is 0.491 e. The van der Waals surface area contributed by atoms with Gasteiger partial charge in [0.15, 0.2) is 23.2 Å². The molecule has 3 nitrogen and oxygen atoms in total. The fraction of sp³-hybridized carbons (Fsp3) is 0.286. The van der Waals surface area contributed by atoms with Crippen molar-refractivity contribution >= 4 is 23.4 Å². The van der Waals surface area contributed by atoms with Gasteiger partial charge in [-0.25, -0.2) is 13.2 Å². The molecule has 0 saturated carbocycles. The zero-order chi connectivity index (χ0) is 15.6. The Morgan fingerprint density at radius 1 is 1.10 bits per heavy atom. The van der Waals surface area contributed by atoms with Gasteiger partial charge in [0.2, 0.25) is 0 Å². The molecule has 0 fully saturated rings. The summed E-state index contributed by atoms with van der Waals surface area (Å²) in [7, 11) is -2.17. The van der Waals surface area contributed by atoms with Gasteiger partial charge < -0.3 is 14.8 Å². The first-order chi connectivity index (χ1) is 9.97. The molecule has 2 aromatic rings. The maximum absolute atomic E-state index is 14.2. The second-order valence-corrected chi connectivity index (χ2v) is 4.65. The number of fused-ring (bicyclic) bond motifs is 1. The first-order valence-corrected chi connectivity index (χ1v) is 6.56. The molecule has 0 aromatic heterocycles. The van der Waals surface area contributed by atoms with Crippen molar-refractivity contribution in [3.63, 3.8) is 0 Å². The molecule has 2 rings (SSSR count). The van der Waals surface area contributed by atoms with Crippen LogP contribution in [0.4, 0.5) is 13.2 Å². The lowest BCUT2D eigenvalue weighted by Gasteiger charge is -2.11. The average molecular weight is 298 g/mol. The molecule has 0 amide bonds. The van der Waals surface area contributed by atoms with Gasteiger partial charge in [-0.15, -0.1) is 0 Å². The van der Waals surface area contributed by atoms with Gasteiger partial charge in [-0.3, -0.25) is 0 Å². The number of unbranched alkanes of at least 4 members (excludes halogenated alkanes) is 1. The van der Waals surface area contributed by atoms with E-state index in [4.69, 9.17) is 14.8 Å². The van der Waals surface area contributed by atoms with E-state index in [0.29, 0.717) is 6.42 Å². The number of benzene rings is 2. The fourth-order valence-electron chi connectivity index (χ4n) is 2.01. The minimum atomic E-state index is -2.17. The predicted octanol–water partition coefficient (Wildman–Crippen LogP) is 2.12. The normalized spacial score (nSPS) is 11.0. The Morgan fingerprint density at radius 3 is 2.43 bits per heavy atom. The second kappa shape index (κ2) is 6.36. The smallest absolute Gasteiger partial charge is 0.490 e. The van der Waals surface area contributed by atoms with Crippen molar-refractivity contribution in [3.8, 4) is 5.75 Å². The maximum atomic E-state index is 14.2. The van der Waals surface area contributed by atoms with E-state index in [1.807, 2.05) is 6.92 Å². The summed E-state index contributed by atoms with van der Waals surface area (Å²) >= 11 is 0. The van der Waals surface area contributed by atoms with Crippen molar-refractivity contribution in [3.05, 3.63) is 35.7 Å². The third-order valence-electron chi connectivity index (χ3n) is 3.15. The number of ether oxygens (including phenoxy) is 1. The van der Waals surface area contributed by atoms with Crippen LogP contribution in [0.5, 0.6) is 5.75 Å². The second-order valence-electron chi connectivity index (χ2n) is 4.65. The van der Waals surface area contributed by atoms with Gasteiger partial charge in [-0.1, -0.05) is 25.5 Å². The molecule has 7 heteroatoms. The van der Waals surface area contributed by atoms with E-state index in [0.717, 1.165) is 12.5 Å². The van der Waals surface area contributed by atoms with Gasteiger partial charge in [0.1, 0.15) is 0 Å². The van der Waals surface area contributed by atoms with Crippen molar-refractivity contribution in [2.24, 2.45) is 0 Å². The van der Waals surface area contributed by atoms with Gasteiger partial charge >= 0.3 is 7.12 Å². The van der Waals surface area contributed by atoms with Crippen LogP contribution < -0.4 is 10.2 Å². The molecule has 21 heavy (non-hydrogen) atoms. The van der Waals surface area contributed by atoms with E-state index < -0.39 is 35.4 Å². The van der Waals surface area contributed by atoms with Gasteiger partial charge in [0, 0.05) is 5.46 Å². The molecular formula is C14H14BF3O3. The van der Waals surface area contributed by atoms with Gasteiger partial charge in [-0.05, 0) is 17.9 Å². The monoisotopic (exact) mass is 298 g/mol. The third kappa shape index (κ3) is 2.98. The van der Waals surface area contributed by atoms with E-state index in [9.17, 15) is 13.2 Å². The number of halogens is 3. The summed E-state index contributed by atoms with van der Waals surface area (Å²) in [6, 6.07) is 3.64. The minimum Gasteiger partial charge on any atom is -0.490 e. The Labute approximate surface area is 120 Å². The fourth-order valence-corrected chi connectivity index (χ4v) is 2.01. The van der Waals surface area contributed by atoms with Crippen molar-refractivity contribution in [1.29, 1.82) is 0 Å². The molecule has 2 aromatic carbocycles. The molecule has 0 bridgehead atoms. The highest BCUT2D eigenvalue weighted by Gasteiger charge is 2.24. The third-order valence-corrected chi connectivity index (χ3v) is 3.15. The summed E-state index contributed by atoms with van der Waals surface area (Å²) in [6.45, 7) is 2.22. The molecule has 2 N–H and O–H groups in total. The van der Waals surface area contributed by atoms with E-state index in [-0.39, 0.29) is 17.7 Å². The summed E-state index contributed by atoms with van der Waals surface area (Å²) in [5.74, 6) is -4.11. The molecular weight excluding hydrogens is 284 g/mol. The van der Waals surface area contributed by atoms with Crippen molar-refractivity contribution in [1.82, 2.24) is 0 Å². The first-order valence-electron chi connectivity index (χ1n) is 6.56. The SMILES string of the molecule is CCCCOc1ccc2cc(B(O)O)c(F)c(F)c2c1F. The van der Waals surface area contributed by atoms with Crippen molar-refractivity contribution in [2.45, 2.75) is 19.8 Å². The Hall–Kier alpha value is -1.73. The lowest BCUT2D eigenvalue weighted by Crippen LogP contribution is -2.33. The molecule has 112 valence electrons. The quantitative estimate of drug-likeness (QED) is 0.656. The molecule has 0 heterocycles. The van der Waals surface area contributed by atoms with E-state index in [1.54, 1.807) is 0 Å². The van der Waals surface area contributed by atoms with Crippen LogP contribution in [0.25, 0.3) is 10.8 Å². The van der Waals surface area contributed by atoms with Crippen LogP contribution in [0.1, 0.15) is 19.8 Å². The molecule has 0 unspecified atom stereocenters. The lowest BCUT2D eigenvalue weighted by atomic mass is 9.78. The summed E-state index contributed by atoms with van der Waals surface area (Å²) in [5.41, 5.74) is -0.640. The van der Waals surface area contributed by atoms with E-state index >= 15 is 0 Å². The highest BCUT2D eigenvalue weighted by Crippen LogP contribution is 2.29. The lowest BCUT2D eigenvalue weighted by molar-refractivity contribution is 0.295. The molecule has 0 aliphatic carbocycles. The van der Waals surface area contributed by atoms with Crippen molar-refractivity contribution in [2.75, 3.05) is 6.61 Å². The topological polar surface area (TPSA) is 49.7 Å². The number of hydrogen-bond donors (Lipinski definition) is 2. The molecule has 0 spiro atoms. The number of hydrogen-bond acceptors (Lipinski definition) is 3. The van der Waals surface area contributed by atoms with Crippen LogP contribution in [0.15, 0.2) is 18.2 Å². The van der Waals surface area contributed by atoms with E-state index in [2.05, 4.69) is 0 Å². The first kappa shape index (κ1) is 15.7. The van der Waals surface area contributed by atoms with Crippen LogP contribution in [-0.4, -0.2) is 23.8 Å².